The molecule has 8 heteroatoms. The van der Waals surface area contributed by atoms with Crippen LogP contribution in [0, 0.1) is 32.2 Å². The van der Waals surface area contributed by atoms with Gasteiger partial charge in [-0.25, -0.2) is 4.98 Å². The van der Waals surface area contributed by atoms with Gasteiger partial charge in [0.2, 0.25) is 0 Å². The summed E-state index contributed by atoms with van der Waals surface area (Å²) in [6.07, 6.45) is 4.96. The average Bonchev–Trinajstić information content (AvgIpc) is 0.911. The van der Waals surface area contributed by atoms with Gasteiger partial charge in [-0.15, -0.1) is 29.7 Å². The zero-order chi connectivity index (χ0) is 104. The second-order valence-corrected chi connectivity index (χ2v) is 32.8. The zero-order valence-corrected chi connectivity index (χ0v) is 59.3. The van der Waals surface area contributed by atoms with Gasteiger partial charge in [-0.05, 0) is 146 Å². The van der Waals surface area contributed by atoms with Crippen LogP contribution in [0.3, 0.4) is 0 Å². The first-order valence-electron chi connectivity index (χ1n) is 51.7. The Morgan fingerprint density at radius 3 is 1.57 bits per heavy atom. The van der Waals surface area contributed by atoms with E-state index in [4.69, 9.17) is 22.1 Å². The molecule has 0 unspecified atom stereocenters. The first-order valence-corrected chi connectivity index (χ1v) is 35.7. The van der Waals surface area contributed by atoms with E-state index in [9.17, 15) is 42.5 Å². The summed E-state index contributed by atoms with van der Waals surface area (Å²) in [6, 6.07) is -9.89. The van der Waals surface area contributed by atoms with E-state index in [1.807, 2.05) is 61.7 Å². The smallest absolute Gasteiger partial charge is 0.268 e. The molecule has 16 aromatic rings. The van der Waals surface area contributed by atoms with Crippen LogP contribution in [0.5, 0.6) is 11.5 Å². The van der Waals surface area contributed by atoms with Gasteiger partial charge in [0.05, 0.1) is 63.3 Å². The number of pyridine rings is 1. The van der Waals surface area contributed by atoms with E-state index in [1.54, 1.807) is 18.3 Å². The Morgan fingerprint density at radius 1 is 0.461 bits per heavy atom. The van der Waals surface area contributed by atoms with Crippen molar-refractivity contribution < 1.29 is 85.2 Å². The standard InChI is InChI=1S/C94H78N4OSi2.Pt/c1-66-32-29-33-67(2)91(66)69-52-55-86-88(59-69)96(72-35-31-36-73(63-72)99-74-53-54-83-82-50-27-28-51-85(82)98(87(83)64-74)90-62-70(56-57-95-90)93(3,4)5)65-97(86)92-84(68-34-30-49-81(58-68)100(75-37-15-9-16-38-75,76-39-17-10-18-40-76)77-41-19-11-20-42-77)60-71(94(6,7)8)61-89(92)101(78-43-21-12-22-44-78,79-45-23-13-24-46-79)80-47-25-14-26-48-80;/h9-62H,1-8H3;/q-2;/i1D3,2D3,9D,10D,11D,12D,13D,14D,15D,16D,17D,18D,19D,20D,21D,22D,23D,24D,25D,26D,30D,34D,37D,38D,39D,40D,41D,42D,43D,44D,45D,46D,47D,48D,49D,58D;. The molecule has 13 aromatic carbocycles. The number of ether oxygens (including phenoxy) is 1. The molecule has 0 aliphatic heterocycles. The predicted molar refractivity (Wildman–Crippen MR) is 425 cm³/mol. The summed E-state index contributed by atoms with van der Waals surface area (Å²) in [5.41, 5.74) is -5.68. The first kappa shape index (κ1) is 35.2. The maximum absolute atomic E-state index is 11.7. The summed E-state index contributed by atoms with van der Waals surface area (Å²) in [5, 5.41) is -8.17. The van der Waals surface area contributed by atoms with Crippen LogP contribution in [0.4, 0.5) is 0 Å². The number of hydrogen-bond donors (Lipinski definition) is 0. The fourth-order valence-electron chi connectivity index (χ4n) is 13.0. The van der Waals surface area contributed by atoms with E-state index in [1.165, 1.54) is 67.8 Å². The third kappa shape index (κ3) is 11.8. The fourth-order valence-corrected chi connectivity index (χ4v) is 20.6. The van der Waals surface area contributed by atoms with Gasteiger partial charge in [0, 0.05) is 52.5 Å². The molecule has 0 saturated heterocycles. The van der Waals surface area contributed by atoms with Gasteiger partial charge in [-0.2, -0.15) is 18.2 Å². The minimum absolute atomic E-state index is 0. The van der Waals surface area contributed by atoms with Crippen LogP contribution >= 0.6 is 0 Å². The molecule has 0 aliphatic rings. The molecule has 0 bridgehead atoms. The quantitative estimate of drug-likeness (QED) is 0.0444. The Bertz CT molecular complexity index is 7620. The molecule has 500 valence electrons. The zero-order valence-electron chi connectivity index (χ0n) is 95.1. The van der Waals surface area contributed by atoms with Crippen molar-refractivity contribution in [3.8, 4) is 50.9 Å². The van der Waals surface area contributed by atoms with Crippen LogP contribution in [-0.4, -0.2) is 30.3 Å². The maximum Gasteiger partial charge on any atom is 0.268 e. The van der Waals surface area contributed by atoms with Crippen LogP contribution < -0.4 is 50.8 Å². The van der Waals surface area contributed by atoms with Crippen molar-refractivity contribution in [2.75, 3.05) is 0 Å². The summed E-state index contributed by atoms with van der Waals surface area (Å²) < 4.78 is 403. The Morgan fingerprint density at radius 2 is 1.00 bits per heavy atom. The molecular formula is C94H78N4OPtSi2-2. The van der Waals surface area contributed by atoms with Gasteiger partial charge in [0.15, 0.2) is 16.1 Å². The number of imidazole rings is 1. The second kappa shape index (κ2) is 27.3. The molecule has 16 rings (SSSR count). The molecule has 102 heavy (non-hydrogen) atoms. The van der Waals surface area contributed by atoms with Gasteiger partial charge >= 0.3 is 0 Å². The molecule has 3 aromatic heterocycles. The number of para-hydroxylation sites is 1. The number of fused-ring (bicyclic) bond motifs is 4. The largest absolute Gasteiger partial charge is 0.510 e. The number of benzene rings is 13. The number of rotatable bonds is 15. The Labute approximate surface area is 672 Å². The Hall–Kier alpha value is -10.8. The first-order chi connectivity index (χ1) is 65.7. The molecule has 0 fully saturated rings. The number of hydrogen-bond acceptors (Lipinski definition) is 2. The molecule has 0 radical (unpaired) electrons. The fraction of sp³-hybridized carbons (Fsp3) is 0.106. The molecule has 0 N–H and O–H groups in total. The number of aryl methyl sites for hydroxylation is 2. The van der Waals surface area contributed by atoms with Crippen molar-refractivity contribution >= 4 is 90.5 Å². The second-order valence-electron chi connectivity index (χ2n) is 25.7. The van der Waals surface area contributed by atoms with Crippen LogP contribution in [0.15, 0.2) is 327 Å². The molecule has 0 atom stereocenters. The van der Waals surface area contributed by atoms with Crippen molar-refractivity contribution in [2.45, 2.75) is 66.1 Å². The van der Waals surface area contributed by atoms with Crippen molar-refractivity contribution in [3.05, 3.63) is 368 Å². The van der Waals surface area contributed by atoms with Crippen molar-refractivity contribution in [1.82, 2.24) is 14.1 Å². The third-order valence-corrected chi connectivity index (χ3v) is 25.9. The van der Waals surface area contributed by atoms with Crippen LogP contribution in [0.25, 0.3) is 72.3 Å². The van der Waals surface area contributed by atoms with E-state index in [2.05, 4.69) is 18.5 Å². The third-order valence-electron chi connectivity index (χ3n) is 17.7. The van der Waals surface area contributed by atoms with Gasteiger partial charge in [0.1, 0.15) is 5.82 Å². The molecule has 3 heterocycles. The number of aromatic nitrogens is 4. The van der Waals surface area contributed by atoms with Crippen LogP contribution in [-0.2, 0) is 31.9 Å². The summed E-state index contributed by atoms with van der Waals surface area (Å²) >= 11 is 0. The summed E-state index contributed by atoms with van der Waals surface area (Å²) in [7, 11) is -13.9. The Balaban J connectivity index is 0.0000152. The topological polar surface area (TPSA) is 35.9 Å². The van der Waals surface area contributed by atoms with Gasteiger partial charge in [-0.1, -0.05) is 313 Å². The van der Waals surface area contributed by atoms with Gasteiger partial charge < -0.3 is 13.9 Å². The molecule has 0 saturated carbocycles. The molecule has 0 amide bonds. The minimum atomic E-state index is -6.94. The minimum Gasteiger partial charge on any atom is -0.510 e. The van der Waals surface area contributed by atoms with E-state index in [0.29, 0.717) is 16.7 Å². The molecule has 5 nitrogen and oxygen atoms in total. The average molecular weight is 1570 g/mol. The van der Waals surface area contributed by atoms with Gasteiger partial charge in [0.25, 0.3) is 6.33 Å². The van der Waals surface area contributed by atoms with Crippen molar-refractivity contribution in [2.24, 2.45) is 0 Å². The maximum atomic E-state index is 11.7. The van der Waals surface area contributed by atoms with Crippen LogP contribution in [0.2, 0.25) is 0 Å². The van der Waals surface area contributed by atoms with E-state index >= 15 is 0 Å². The van der Waals surface area contributed by atoms with Crippen molar-refractivity contribution in [3.63, 3.8) is 0 Å². The normalized spacial score (nSPS) is 17.8. The summed E-state index contributed by atoms with van der Waals surface area (Å²) in [5.74, 6) is 0.415. The summed E-state index contributed by atoms with van der Waals surface area (Å²) in [4.78, 5) is 4.82. The molecule has 0 aliphatic carbocycles. The van der Waals surface area contributed by atoms with E-state index < -0.39 is 321 Å². The monoisotopic (exact) mass is 1570 g/mol. The SMILES string of the molecule is [2H]c1c([2H])c([2H])c([Si](c2cc(C(C)(C)C)cc(-c3c([2H])c([2H])c([2H])c([Si](c4c([2H])c([2H])c([2H])c([2H])c4[2H])(c4c([2H])c([2H])c([2H])c([2H])c4[2H])c4c([2H])c([2H])c([2H])c([2H])c4[2H])c3[2H])c2-[n+]2[c-]n(-c3[c-]c(Oc4[c-]c5c(cc4)c4ccccc4n5-c4cc(C(C)(C)C)ccn4)ccc3)c3cc(-c4c(C([2H])([2H])[2H])cccc4C([2H])([2H])[2H])ccc32)(c2c([2H])c([2H])c([2H])c([2H])c2[2H])c2c([2H])c([2H])c([2H])c([2H])c2[2H])c([2H])c1[2H].[Pt]. The number of nitrogens with zero attached hydrogens (tertiary/aromatic N) is 4. The molecule has 0 spiro atoms. The van der Waals surface area contributed by atoms with Gasteiger partial charge in [-0.3, -0.25) is 4.57 Å². The van der Waals surface area contributed by atoms with E-state index in [-0.39, 0.29) is 60.3 Å². The summed E-state index contributed by atoms with van der Waals surface area (Å²) in [6.45, 7) is 4.34. The van der Waals surface area contributed by atoms with Crippen LogP contribution in [0.1, 0.15) is 119 Å². The van der Waals surface area contributed by atoms with Crippen molar-refractivity contribution in [1.29, 1.82) is 0 Å². The van der Waals surface area contributed by atoms with E-state index in [0.717, 1.165) is 45.3 Å². The predicted octanol–water partition coefficient (Wildman–Crippen LogP) is 16.9. The molecular weight excluding hydrogens is 1450 g/mol. The Kier molecular flexibility index (Phi) is 9.41.